The van der Waals surface area contributed by atoms with Crippen LogP contribution < -0.4 is 15.0 Å². The van der Waals surface area contributed by atoms with Gasteiger partial charge in [0.05, 0.1) is 24.8 Å². The highest BCUT2D eigenvalue weighted by atomic mass is 35.5. The number of rotatable bonds is 5. The molecule has 0 amide bonds. The molecule has 154 valence electrons. The van der Waals surface area contributed by atoms with E-state index >= 15 is 0 Å². The lowest BCUT2D eigenvalue weighted by molar-refractivity contribution is 0.154. The number of β-amino-alcohol motifs (C(OH)–C–C–N with tert-alkyl or cyclic N) is 1. The fourth-order valence-corrected chi connectivity index (χ4v) is 3.99. The first-order valence-electron chi connectivity index (χ1n) is 9.76. The maximum absolute atomic E-state index is 10.1. The summed E-state index contributed by atoms with van der Waals surface area (Å²) in [5.41, 5.74) is 1.51. The van der Waals surface area contributed by atoms with Crippen molar-refractivity contribution in [2.24, 2.45) is 0 Å². The second kappa shape index (κ2) is 8.74. The van der Waals surface area contributed by atoms with E-state index in [9.17, 15) is 5.11 Å². The number of hydrogen-bond donors (Lipinski definition) is 2. The molecule has 1 aromatic heterocycles. The molecule has 1 aliphatic heterocycles. The summed E-state index contributed by atoms with van der Waals surface area (Å²) in [7, 11) is 1.58. The van der Waals surface area contributed by atoms with Crippen LogP contribution in [0.2, 0.25) is 5.02 Å². The molecule has 0 spiro atoms. The van der Waals surface area contributed by atoms with E-state index in [1.54, 1.807) is 13.2 Å². The predicted molar refractivity (Wildman–Crippen MR) is 119 cm³/mol. The second-order valence-electron chi connectivity index (χ2n) is 7.28. The molecule has 8 heteroatoms. The van der Waals surface area contributed by atoms with Crippen molar-refractivity contribution in [3.8, 4) is 5.75 Å². The Morgan fingerprint density at radius 3 is 2.87 bits per heavy atom. The van der Waals surface area contributed by atoms with E-state index < -0.39 is 0 Å². The molecule has 0 unspecified atom stereocenters. The van der Waals surface area contributed by atoms with Gasteiger partial charge >= 0.3 is 0 Å². The number of aliphatic hydroxyl groups excluding tert-OH is 1. The smallest absolute Gasteiger partial charge is 0.188 e. The number of halogens is 1. The van der Waals surface area contributed by atoms with Crippen LogP contribution in [0.5, 0.6) is 5.75 Å². The van der Waals surface area contributed by atoms with Gasteiger partial charge in [0.15, 0.2) is 17.3 Å². The van der Waals surface area contributed by atoms with E-state index in [1.165, 1.54) is 0 Å². The zero-order chi connectivity index (χ0) is 21.1. The second-order valence-corrected chi connectivity index (χ2v) is 7.69. The highest BCUT2D eigenvalue weighted by Gasteiger charge is 2.22. The van der Waals surface area contributed by atoms with Crippen molar-refractivity contribution in [2.45, 2.75) is 25.5 Å². The van der Waals surface area contributed by atoms with Gasteiger partial charge in [0.2, 0.25) is 0 Å². The third-order valence-electron chi connectivity index (χ3n) is 5.25. The minimum absolute atomic E-state index is 0.365. The average molecular weight is 424 g/mol. The molecule has 7 nitrogen and oxygen atoms in total. The first kappa shape index (κ1) is 20.2. The monoisotopic (exact) mass is 423 g/mol. The molecule has 1 aliphatic rings. The van der Waals surface area contributed by atoms with Crippen molar-refractivity contribution >= 4 is 39.7 Å². The van der Waals surface area contributed by atoms with Crippen LogP contribution in [0.15, 0.2) is 36.4 Å². The molecule has 1 saturated heterocycles. The van der Waals surface area contributed by atoms with Gasteiger partial charge in [0.25, 0.3) is 0 Å². The van der Waals surface area contributed by atoms with Gasteiger partial charge in [-0.25, -0.2) is 4.85 Å². The molecule has 0 saturated carbocycles. The van der Waals surface area contributed by atoms with Crippen LogP contribution in [0.4, 0.5) is 17.3 Å². The number of piperidine rings is 1. The number of aliphatic hydroxyl groups is 1. The summed E-state index contributed by atoms with van der Waals surface area (Å²) in [5, 5.41) is 24.5. The van der Waals surface area contributed by atoms with Crippen molar-refractivity contribution in [3.63, 3.8) is 0 Å². The zero-order valence-corrected chi connectivity index (χ0v) is 17.4. The van der Waals surface area contributed by atoms with Gasteiger partial charge < -0.3 is 20.1 Å². The molecular formula is C22H22ClN5O2. The largest absolute Gasteiger partial charge is 0.495 e. The van der Waals surface area contributed by atoms with Crippen molar-refractivity contribution in [1.29, 1.82) is 0 Å². The van der Waals surface area contributed by atoms with Crippen molar-refractivity contribution in [2.75, 3.05) is 30.4 Å². The van der Waals surface area contributed by atoms with Crippen molar-refractivity contribution < 1.29 is 9.84 Å². The topological polar surface area (TPSA) is 74.9 Å². The molecule has 0 bridgehead atoms. The minimum atomic E-state index is -0.365. The molecule has 2 heterocycles. The lowest BCUT2D eigenvalue weighted by Crippen LogP contribution is -2.39. The van der Waals surface area contributed by atoms with Crippen molar-refractivity contribution in [3.05, 3.63) is 58.4 Å². The number of hydrogen-bond acceptors (Lipinski definition) is 6. The maximum atomic E-state index is 10.1. The predicted octanol–water partition coefficient (Wildman–Crippen LogP) is 4.42. The van der Waals surface area contributed by atoms with Gasteiger partial charge in [0.1, 0.15) is 5.75 Å². The summed E-state index contributed by atoms with van der Waals surface area (Å²) in [6, 6.07) is 11.1. The number of methoxy groups -OCH3 is 1. The third-order valence-corrected chi connectivity index (χ3v) is 5.54. The zero-order valence-electron chi connectivity index (χ0n) is 16.6. The summed E-state index contributed by atoms with van der Waals surface area (Å²) in [5.74, 6) is 1.96. The van der Waals surface area contributed by atoms with Crippen LogP contribution in [0.1, 0.15) is 18.4 Å². The van der Waals surface area contributed by atoms with E-state index in [1.807, 2.05) is 30.3 Å². The van der Waals surface area contributed by atoms with E-state index in [0.717, 1.165) is 41.5 Å². The summed E-state index contributed by atoms with van der Waals surface area (Å²) in [6.07, 6.45) is 1.34. The molecular weight excluding hydrogens is 402 g/mol. The van der Waals surface area contributed by atoms with Crippen molar-refractivity contribution in [1.82, 2.24) is 10.2 Å². The molecule has 30 heavy (non-hydrogen) atoms. The SMILES string of the molecule is [C-]#[N+]c1ccc2c(N3CCC[C@@H](O)C3)nnc(NCc3ccc(OC)c(Cl)c3)c2c1. The lowest BCUT2D eigenvalue weighted by atomic mass is 10.1. The number of fused-ring (bicyclic) bond motifs is 1. The molecule has 4 rings (SSSR count). The third kappa shape index (κ3) is 4.11. The number of nitrogens with zero attached hydrogens (tertiary/aromatic N) is 4. The Labute approximate surface area is 180 Å². The summed E-state index contributed by atoms with van der Waals surface area (Å²) in [6.45, 7) is 9.22. The van der Waals surface area contributed by atoms with E-state index in [0.29, 0.717) is 35.4 Å². The van der Waals surface area contributed by atoms with E-state index in [-0.39, 0.29) is 6.10 Å². The number of aromatic nitrogens is 2. The molecule has 2 N–H and O–H groups in total. The van der Waals surface area contributed by atoms with Gasteiger partial charge in [-0.05, 0) is 36.6 Å². The first-order valence-corrected chi connectivity index (χ1v) is 10.1. The molecule has 1 atom stereocenters. The lowest BCUT2D eigenvalue weighted by Gasteiger charge is -2.31. The number of ether oxygens (including phenoxy) is 1. The Morgan fingerprint density at radius 1 is 1.27 bits per heavy atom. The highest BCUT2D eigenvalue weighted by Crippen LogP contribution is 2.33. The summed E-state index contributed by atoms with van der Waals surface area (Å²) < 4.78 is 5.20. The Balaban J connectivity index is 1.67. The standard InChI is InChI=1S/C22H22ClN5O2/c1-24-15-6-7-17-18(11-15)21(25-12-14-5-8-20(30-2)19(23)10-14)26-27-22(17)28-9-3-4-16(29)13-28/h5-8,10-11,16,29H,3-4,9,12-13H2,2H3,(H,25,26)/t16-/m1/s1. The molecule has 2 aromatic carbocycles. The van der Waals surface area contributed by atoms with Crippen LogP contribution >= 0.6 is 11.6 Å². The Bertz CT molecular complexity index is 1110. The number of anilines is 2. The van der Waals surface area contributed by atoms with Crippen LogP contribution in [0.25, 0.3) is 15.6 Å². The van der Waals surface area contributed by atoms with Gasteiger partial charge in [-0.3, -0.25) is 0 Å². The van der Waals surface area contributed by atoms with Gasteiger partial charge in [0, 0.05) is 30.4 Å². The molecule has 0 radical (unpaired) electrons. The van der Waals surface area contributed by atoms with Crippen LogP contribution in [0.3, 0.4) is 0 Å². The van der Waals surface area contributed by atoms with Crippen LogP contribution in [-0.2, 0) is 6.54 Å². The molecule has 1 fully saturated rings. The number of nitrogens with one attached hydrogen (secondary N) is 1. The maximum Gasteiger partial charge on any atom is 0.188 e. The normalized spacial score (nSPS) is 16.3. The Morgan fingerprint density at radius 2 is 2.13 bits per heavy atom. The fraction of sp³-hybridized carbons (Fsp3) is 0.318. The fourth-order valence-electron chi connectivity index (χ4n) is 3.71. The van der Waals surface area contributed by atoms with E-state index in [4.69, 9.17) is 22.9 Å². The minimum Gasteiger partial charge on any atom is -0.495 e. The average Bonchev–Trinajstić information content (AvgIpc) is 2.77. The Kier molecular flexibility index (Phi) is 5.88. The first-order chi connectivity index (χ1) is 14.6. The summed E-state index contributed by atoms with van der Waals surface area (Å²) in [4.78, 5) is 5.62. The molecule has 0 aliphatic carbocycles. The quantitative estimate of drug-likeness (QED) is 0.592. The Hall–Kier alpha value is -3.08. The summed E-state index contributed by atoms with van der Waals surface area (Å²) >= 11 is 6.22. The highest BCUT2D eigenvalue weighted by molar-refractivity contribution is 6.32. The van der Waals surface area contributed by atoms with E-state index in [2.05, 4.69) is 25.3 Å². The number of benzene rings is 2. The van der Waals surface area contributed by atoms with Gasteiger partial charge in [-0.2, -0.15) is 0 Å². The van der Waals surface area contributed by atoms with Crippen LogP contribution in [0, 0.1) is 6.57 Å². The molecule has 3 aromatic rings. The van der Waals surface area contributed by atoms with Gasteiger partial charge in [-0.1, -0.05) is 29.8 Å². The van der Waals surface area contributed by atoms with Crippen LogP contribution in [-0.4, -0.2) is 41.6 Å². The van der Waals surface area contributed by atoms with Gasteiger partial charge in [-0.15, -0.1) is 10.2 Å².